The van der Waals surface area contributed by atoms with Crippen LogP contribution in [-0.2, 0) is 26.2 Å². The summed E-state index contributed by atoms with van der Waals surface area (Å²) in [6.07, 6.45) is 7.25. The van der Waals surface area contributed by atoms with E-state index in [1.54, 1.807) is 0 Å². The number of H-pyrrole nitrogens is 1. The summed E-state index contributed by atoms with van der Waals surface area (Å²) in [5.41, 5.74) is 3.87. The predicted octanol–water partition coefficient (Wildman–Crippen LogP) is 4.40. The molecule has 0 radical (unpaired) electrons. The van der Waals surface area contributed by atoms with Gasteiger partial charge in [0.05, 0.1) is 49.0 Å². The Balaban J connectivity index is 1.43. The molecule has 0 amide bonds. The molecule has 0 saturated heterocycles. The number of aromatic nitrogens is 6. The molecule has 174 valence electrons. The zero-order valence-corrected chi connectivity index (χ0v) is 19.3. The highest BCUT2D eigenvalue weighted by Gasteiger charge is 2.17. The second kappa shape index (κ2) is 11.0. The molecule has 8 heteroatoms. The Morgan fingerprint density at radius 2 is 0.914 bits per heavy atom. The topological polar surface area (TPSA) is 86.7 Å². The van der Waals surface area contributed by atoms with E-state index in [1.807, 2.05) is 97.6 Å². The van der Waals surface area contributed by atoms with Gasteiger partial charge in [0.2, 0.25) is 0 Å². The van der Waals surface area contributed by atoms with Crippen molar-refractivity contribution >= 4 is 11.6 Å². The van der Waals surface area contributed by atoms with E-state index in [9.17, 15) is 0 Å². The standard InChI is InChI=1S/C27H26N8/c1-5-13-28-22(9-1)18-34(19-23-10-2-6-14-29-23)26-17-27(33-32-26)35(20-24-11-3-7-15-30-24)21-25-12-4-8-16-31-25/h1-17H,18-21H2,(H,32,33). The third kappa shape index (κ3) is 6.05. The minimum absolute atomic E-state index is 0.613. The summed E-state index contributed by atoms with van der Waals surface area (Å²) in [7, 11) is 0. The summed E-state index contributed by atoms with van der Waals surface area (Å²) in [5, 5.41) is 7.91. The van der Waals surface area contributed by atoms with Crippen molar-refractivity contribution in [3.8, 4) is 0 Å². The number of nitrogens with zero attached hydrogens (tertiary/aromatic N) is 7. The van der Waals surface area contributed by atoms with Crippen LogP contribution in [0.15, 0.2) is 104 Å². The van der Waals surface area contributed by atoms with Crippen LogP contribution in [0.4, 0.5) is 11.6 Å². The monoisotopic (exact) mass is 462 g/mol. The molecule has 0 aliphatic carbocycles. The molecule has 5 rings (SSSR count). The highest BCUT2D eigenvalue weighted by atomic mass is 15.3. The molecule has 0 aromatic carbocycles. The average molecular weight is 463 g/mol. The van der Waals surface area contributed by atoms with Gasteiger partial charge in [0.25, 0.3) is 0 Å². The Morgan fingerprint density at radius 3 is 1.29 bits per heavy atom. The van der Waals surface area contributed by atoms with Crippen molar-refractivity contribution in [1.29, 1.82) is 0 Å². The molecule has 1 N–H and O–H groups in total. The van der Waals surface area contributed by atoms with Crippen LogP contribution in [0, 0.1) is 0 Å². The first-order chi connectivity index (χ1) is 17.3. The molecule has 35 heavy (non-hydrogen) atoms. The van der Waals surface area contributed by atoms with Gasteiger partial charge < -0.3 is 9.80 Å². The van der Waals surface area contributed by atoms with Gasteiger partial charge in [-0.3, -0.25) is 25.0 Å². The Hall–Kier alpha value is -4.59. The van der Waals surface area contributed by atoms with Crippen molar-refractivity contribution < 1.29 is 0 Å². The fourth-order valence-corrected chi connectivity index (χ4v) is 3.82. The second-order valence-electron chi connectivity index (χ2n) is 8.11. The first-order valence-electron chi connectivity index (χ1n) is 11.5. The Kier molecular flexibility index (Phi) is 6.99. The number of hydrogen-bond acceptors (Lipinski definition) is 7. The first kappa shape index (κ1) is 22.2. The molecule has 5 aromatic rings. The highest BCUT2D eigenvalue weighted by molar-refractivity contribution is 5.52. The zero-order chi connectivity index (χ0) is 23.7. The van der Waals surface area contributed by atoms with Crippen LogP contribution in [0.5, 0.6) is 0 Å². The van der Waals surface area contributed by atoms with Gasteiger partial charge in [-0.15, -0.1) is 0 Å². The summed E-state index contributed by atoms with van der Waals surface area (Å²) in [4.78, 5) is 22.4. The van der Waals surface area contributed by atoms with Gasteiger partial charge in [-0.25, -0.2) is 0 Å². The van der Waals surface area contributed by atoms with Crippen LogP contribution in [0.2, 0.25) is 0 Å². The smallest absolute Gasteiger partial charge is 0.153 e. The lowest BCUT2D eigenvalue weighted by atomic mass is 10.2. The summed E-state index contributed by atoms with van der Waals surface area (Å²) in [6, 6.07) is 25.9. The molecule has 0 bridgehead atoms. The van der Waals surface area contributed by atoms with Gasteiger partial charge >= 0.3 is 0 Å². The highest BCUT2D eigenvalue weighted by Crippen LogP contribution is 2.24. The Labute approximate surface area is 204 Å². The first-order valence-corrected chi connectivity index (χ1v) is 11.5. The third-order valence-electron chi connectivity index (χ3n) is 5.53. The van der Waals surface area contributed by atoms with E-state index < -0.39 is 0 Å². The molecule has 8 nitrogen and oxygen atoms in total. The van der Waals surface area contributed by atoms with Crippen LogP contribution in [0.25, 0.3) is 0 Å². The van der Waals surface area contributed by atoms with E-state index in [4.69, 9.17) is 0 Å². The lowest BCUT2D eigenvalue weighted by molar-refractivity contribution is 0.743. The summed E-state index contributed by atoms with van der Waals surface area (Å²) in [6.45, 7) is 2.48. The van der Waals surface area contributed by atoms with E-state index in [2.05, 4.69) is 46.0 Å². The average Bonchev–Trinajstić information content (AvgIpc) is 3.41. The number of pyridine rings is 4. The van der Waals surface area contributed by atoms with Crippen LogP contribution in [0.3, 0.4) is 0 Å². The largest absolute Gasteiger partial charge is 0.345 e. The SMILES string of the molecule is c1ccc(CN(Cc2ccccn2)c2cc(N(Cc3ccccn3)Cc3ccccn3)[nH]n2)nc1. The summed E-state index contributed by atoms with van der Waals surface area (Å²) >= 11 is 0. The van der Waals surface area contributed by atoms with Gasteiger partial charge in [0.1, 0.15) is 5.82 Å². The van der Waals surface area contributed by atoms with Gasteiger partial charge in [-0.1, -0.05) is 24.3 Å². The molecule has 0 aliphatic heterocycles. The molecule has 0 fully saturated rings. The molecule has 0 saturated carbocycles. The minimum atomic E-state index is 0.613. The van der Waals surface area contributed by atoms with Crippen LogP contribution in [-0.4, -0.2) is 30.1 Å². The second-order valence-corrected chi connectivity index (χ2v) is 8.11. The fraction of sp³-hybridized carbons (Fsp3) is 0.148. The van der Waals surface area contributed by atoms with Crippen molar-refractivity contribution in [2.24, 2.45) is 0 Å². The summed E-state index contributed by atoms with van der Waals surface area (Å²) < 4.78 is 0. The van der Waals surface area contributed by atoms with Crippen molar-refractivity contribution in [1.82, 2.24) is 30.1 Å². The lowest BCUT2D eigenvalue weighted by Gasteiger charge is -2.23. The molecular formula is C27H26N8. The maximum absolute atomic E-state index is 4.68. The van der Waals surface area contributed by atoms with E-state index in [0.29, 0.717) is 26.2 Å². The minimum Gasteiger partial charge on any atom is -0.345 e. The van der Waals surface area contributed by atoms with Gasteiger partial charge in [0.15, 0.2) is 5.82 Å². The van der Waals surface area contributed by atoms with Gasteiger partial charge in [0, 0.05) is 30.9 Å². The normalized spacial score (nSPS) is 10.7. The number of hydrogen-bond donors (Lipinski definition) is 1. The van der Waals surface area contributed by atoms with Crippen molar-refractivity contribution in [2.75, 3.05) is 9.80 Å². The predicted molar refractivity (Wildman–Crippen MR) is 135 cm³/mol. The van der Waals surface area contributed by atoms with Crippen molar-refractivity contribution in [2.45, 2.75) is 26.2 Å². The number of rotatable bonds is 10. The third-order valence-corrected chi connectivity index (χ3v) is 5.53. The Morgan fingerprint density at radius 1 is 0.514 bits per heavy atom. The lowest BCUT2D eigenvalue weighted by Crippen LogP contribution is -2.24. The van der Waals surface area contributed by atoms with Crippen LogP contribution in [0.1, 0.15) is 22.8 Å². The molecular weight excluding hydrogens is 436 g/mol. The van der Waals surface area contributed by atoms with E-state index in [1.165, 1.54) is 0 Å². The quantitative estimate of drug-likeness (QED) is 0.329. The zero-order valence-electron chi connectivity index (χ0n) is 19.3. The fourth-order valence-electron chi connectivity index (χ4n) is 3.82. The van der Waals surface area contributed by atoms with Crippen LogP contribution >= 0.6 is 0 Å². The molecule has 5 heterocycles. The van der Waals surface area contributed by atoms with Crippen molar-refractivity contribution in [3.05, 3.63) is 126 Å². The maximum Gasteiger partial charge on any atom is 0.153 e. The van der Waals surface area contributed by atoms with Gasteiger partial charge in [-0.05, 0) is 48.5 Å². The maximum atomic E-state index is 4.68. The Bertz CT molecular complexity index is 1110. The molecule has 0 atom stereocenters. The molecule has 0 aliphatic rings. The van der Waals surface area contributed by atoms with E-state index >= 15 is 0 Å². The number of nitrogens with one attached hydrogen (secondary N) is 1. The molecule has 0 spiro atoms. The van der Waals surface area contributed by atoms with E-state index in [0.717, 1.165) is 34.4 Å². The summed E-state index contributed by atoms with van der Waals surface area (Å²) in [5.74, 6) is 1.71. The number of aromatic amines is 1. The number of anilines is 2. The van der Waals surface area contributed by atoms with Crippen LogP contribution < -0.4 is 9.80 Å². The molecule has 5 aromatic heterocycles. The molecule has 0 unspecified atom stereocenters. The van der Waals surface area contributed by atoms with Crippen molar-refractivity contribution in [3.63, 3.8) is 0 Å². The van der Waals surface area contributed by atoms with Gasteiger partial charge in [-0.2, -0.15) is 5.10 Å². The van der Waals surface area contributed by atoms with E-state index in [-0.39, 0.29) is 0 Å².